The number of unbranched alkanes of at least 4 members (excludes halogenated alkanes) is 1. The van der Waals surface area contributed by atoms with Crippen LogP contribution in [0.1, 0.15) is 32.3 Å². The Kier molecular flexibility index (Phi) is 7.86. The number of alkyl halides is 1. The molecule has 0 heterocycles. The van der Waals surface area contributed by atoms with Crippen LogP contribution >= 0.6 is 22.6 Å². The summed E-state index contributed by atoms with van der Waals surface area (Å²) in [7, 11) is 0. The molecule has 0 aliphatic heterocycles. The van der Waals surface area contributed by atoms with Crippen LogP contribution in [0.4, 0.5) is 0 Å². The highest BCUT2D eigenvalue weighted by Crippen LogP contribution is 2.07. The molecule has 0 saturated carbocycles. The van der Waals surface area contributed by atoms with Crippen LogP contribution in [0.2, 0.25) is 0 Å². The highest BCUT2D eigenvalue weighted by molar-refractivity contribution is 14.1. The molecular formula is C15H24IN. The Morgan fingerprint density at radius 1 is 1.12 bits per heavy atom. The zero-order valence-corrected chi connectivity index (χ0v) is 13.1. The van der Waals surface area contributed by atoms with E-state index in [2.05, 4.69) is 72.1 Å². The first-order valence-electron chi connectivity index (χ1n) is 6.57. The Labute approximate surface area is 120 Å². The van der Waals surface area contributed by atoms with Crippen molar-refractivity contribution in [1.82, 2.24) is 5.32 Å². The second kappa shape index (κ2) is 8.92. The third-order valence-electron chi connectivity index (χ3n) is 3.11. The summed E-state index contributed by atoms with van der Waals surface area (Å²) in [4.78, 5) is 0. The first kappa shape index (κ1) is 15.0. The van der Waals surface area contributed by atoms with Crippen molar-refractivity contribution in [2.75, 3.05) is 11.0 Å². The van der Waals surface area contributed by atoms with Gasteiger partial charge in [0.2, 0.25) is 0 Å². The molecule has 1 aromatic rings. The number of benzene rings is 1. The molecule has 1 atom stereocenters. The first-order chi connectivity index (χ1) is 8.24. The predicted molar refractivity (Wildman–Crippen MR) is 84.9 cm³/mol. The van der Waals surface area contributed by atoms with E-state index in [1.807, 2.05) is 0 Å². The molecule has 0 saturated heterocycles. The van der Waals surface area contributed by atoms with Crippen LogP contribution in [0, 0.1) is 5.92 Å². The van der Waals surface area contributed by atoms with Gasteiger partial charge in [0.05, 0.1) is 0 Å². The normalized spacial score (nSPS) is 12.9. The average molecular weight is 345 g/mol. The Balaban J connectivity index is 2.08. The molecule has 0 aliphatic carbocycles. The lowest BCUT2D eigenvalue weighted by Gasteiger charge is -2.19. The second-order valence-corrected chi connectivity index (χ2v) is 5.78. The van der Waals surface area contributed by atoms with E-state index in [0.29, 0.717) is 6.04 Å². The quantitative estimate of drug-likeness (QED) is 0.426. The summed E-state index contributed by atoms with van der Waals surface area (Å²) in [6.45, 7) is 5.74. The van der Waals surface area contributed by atoms with Gasteiger partial charge in [-0.2, -0.15) is 0 Å². The van der Waals surface area contributed by atoms with Crippen molar-refractivity contribution in [2.24, 2.45) is 5.92 Å². The summed E-state index contributed by atoms with van der Waals surface area (Å²) in [6, 6.07) is 11.4. The van der Waals surface area contributed by atoms with E-state index < -0.39 is 0 Å². The molecule has 0 amide bonds. The number of aryl methyl sites for hydroxylation is 1. The molecular weight excluding hydrogens is 321 g/mol. The first-order valence-corrected chi connectivity index (χ1v) is 8.10. The summed E-state index contributed by atoms with van der Waals surface area (Å²) in [5, 5.41) is 3.65. The standard InChI is InChI=1S/C15H24IN/c1-13(2)15(12-16)17-11-7-6-10-14-8-4-3-5-9-14/h3-5,8-9,13,15,17H,6-7,10-12H2,1-2H3. The molecule has 96 valence electrons. The molecule has 1 nitrogen and oxygen atoms in total. The topological polar surface area (TPSA) is 12.0 Å². The third-order valence-corrected chi connectivity index (χ3v) is 4.06. The third kappa shape index (κ3) is 6.41. The largest absolute Gasteiger partial charge is 0.313 e. The van der Waals surface area contributed by atoms with E-state index in [4.69, 9.17) is 0 Å². The molecule has 0 radical (unpaired) electrons. The van der Waals surface area contributed by atoms with Crippen LogP contribution in [0.5, 0.6) is 0 Å². The number of nitrogens with one attached hydrogen (secondary N) is 1. The van der Waals surface area contributed by atoms with Crippen LogP contribution in [0.3, 0.4) is 0 Å². The summed E-state index contributed by atoms with van der Waals surface area (Å²) in [5.41, 5.74) is 1.46. The molecule has 1 unspecified atom stereocenters. The van der Waals surface area contributed by atoms with Crippen LogP contribution in [0.15, 0.2) is 30.3 Å². The van der Waals surface area contributed by atoms with Crippen molar-refractivity contribution < 1.29 is 0 Å². The Morgan fingerprint density at radius 3 is 2.41 bits per heavy atom. The molecule has 0 fully saturated rings. The lowest BCUT2D eigenvalue weighted by Crippen LogP contribution is -2.35. The van der Waals surface area contributed by atoms with Crippen molar-refractivity contribution in [1.29, 1.82) is 0 Å². The number of halogens is 1. The van der Waals surface area contributed by atoms with Gasteiger partial charge in [-0.15, -0.1) is 0 Å². The van der Waals surface area contributed by atoms with E-state index in [0.717, 1.165) is 12.5 Å². The van der Waals surface area contributed by atoms with E-state index in [9.17, 15) is 0 Å². The maximum absolute atomic E-state index is 3.65. The van der Waals surface area contributed by atoms with Crippen molar-refractivity contribution in [2.45, 2.75) is 39.2 Å². The monoisotopic (exact) mass is 345 g/mol. The zero-order chi connectivity index (χ0) is 12.5. The Hall–Kier alpha value is -0.0900. The van der Waals surface area contributed by atoms with E-state index in [1.165, 1.54) is 29.3 Å². The van der Waals surface area contributed by atoms with Crippen LogP contribution in [0.25, 0.3) is 0 Å². The highest BCUT2D eigenvalue weighted by atomic mass is 127. The van der Waals surface area contributed by atoms with Crippen LogP contribution in [-0.2, 0) is 6.42 Å². The van der Waals surface area contributed by atoms with E-state index in [1.54, 1.807) is 0 Å². The Bertz CT molecular complexity index is 284. The van der Waals surface area contributed by atoms with Crippen molar-refractivity contribution >= 4 is 22.6 Å². The van der Waals surface area contributed by atoms with Gasteiger partial charge in [0.25, 0.3) is 0 Å². The summed E-state index contributed by atoms with van der Waals surface area (Å²) in [6.07, 6.45) is 3.76. The molecule has 1 aromatic carbocycles. The number of hydrogen-bond acceptors (Lipinski definition) is 1. The fraction of sp³-hybridized carbons (Fsp3) is 0.600. The molecule has 0 aliphatic rings. The van der Waals surface area contributed by atoms with Gasteiger partial charge in [0.1, 0.15) is 0 Å². The minimum absolute atomic E-state index is 0.673. The van der Waals surface area contributed by atoms with E-state index in [-0.39, 0.29) is 0 Å². The molecule has 2 heteroatoms. The lowest BCUT2D eigenvalue weighted by atomic mass is 10.1. The highest BCUT2D eigenvalue weighted by Gasteiger charge is 2.09. The van der Waals surface area contributed by atoms with Gasteiger partial charge in [-0.05, 0) is 37.3 Å². The maximum Gasteiger partial charge on any atom is 0.0180 e. The molecule has 0 aromatic heterocycles. The minimum Gasteiger partial charge on any atom is -0.313 e. The Morgan fingerprint density at radius 2 is 1.82 bits per heavy atom. The summed E-state index contributed by atoms with van der Waals surface area (Å²) >= 11 is 2.47. The predicted octanol–water partition coefficient (Wildman–Crippen LogP) is 4.06. The maximum atomic E-state index is 3.65. The summed E-state index contributed by atoms with van der Waals surface area (Å²) < 4.78 is 1.20. The summed E-state index contributed by atoms with van der Waals surface area (Å²) in [5.74, 6) is 0.737. The minimum atomic E-state index is 0.673. The van der Waals surface area contributed by atoms with Gasteiger partial charge in [0.15, 0.2) is 0 Å². The molecule has 1 rings (SSSR count). The van der Waals surface area contributed by atoms with Gasteiger partial charge in [-0.1, -0.05) is 66.8 Å². The van der Waals surface area contributed by atoms with Gasteiger partial charge >= 0.3 is 0 Å². The van der Waals surface area contributed by atoms with Gasteiger partial charge < -0.3 is 5.32 Å². The molecule has 0 spiro atoms. The SMILES string of the molecule is CC(C)C(CI)NCCCCc1ccccc1. The van der Waals surface area contributed by atoms with Gasteiger partial charge in [0, 0.05) is 10.5 Å². The fourth-order valence-corrected chi connectivity index (χ4v) is 3.18. The number of rotatable bonds is 8. The zero-order valence-electron chi connectivity index (χ0n) is 11.0. The molecule has 0 bridgehead atoms. The van der Waals surface area contributed by atoms with Crippen LogP contribution in [-0.4, -0.2) is 17.0 Å². The molecule has 17 heavy (non-hydrogen) atoms. The fourth-order valence-electron chi connectivity index (χ4n) is 1.85. The van der Waals surface area contributed by atoms with Gasteiger partial charge in [-0.3, -0.25) is 0 Å². The van der Waals surface area contributed by atoms with Gasteiger partial charge in [-0.25, -0.2) is 0 Å². The lowest BCUT2D eigenvalue weighted by molar-refractivity contribution is 0.431. The van der Waals surface area contributed by atoms with Crippen molar-refractivity contribution in [3.63, 3.8) is 0 Å². The smallest absolute Gasteiger partial charge is 0.0180 e. The second-order valence-electron chi connectivity index (χ2n) is 4.90. The van der Waals surface area contributed by atoms with E-state index >= 15 is 0 Å². The average Bonchev–Trinajstić information content (AvgIpc) is 2.34. The van der Waals surface area contributed by atoms with Crippen molar-refractivity contribution in [3.05, 3.63) is 35.9 Å². The number of hydrogen-bond donors (Lipinski definition) is 1. The van der Waals surface area contributed by atoms with Crippen molar-refractivity contribution in [3.8, 4) is 0 Å². The molecule has 1 N–H and O–H groups in total. The van der Waals surface area contributed by atoms with Crippen LogP contribution < -0.4 is 5.32 Å².